The number of nitrogens with one attached hydrogen (secondary N) is 2. The fourth-order valence-corrected chi connectivity index (χ4v) is 4.63. The largest absolute Gasteiger partial charge is 0.282 e. The fourth-order valence-electron chi connectivity index (χ4n) is 3.35. The first-order valence-electron chi connectivity index (χ1n) is 8.17. The number of hydrazine groups is 1. The summed E-state index contributed by atoms with van der Waals surface area (Å²) < 4.78 is 0.816. The van der Waals surface area contributed by atoms with E-state index in [0.29, 0.717) is 4.88 Å². The number of carbonyl (C=O) groups is 4. The minimum atomic E-state index is -0.445. The summed E-state index contributed by atoms with van der Waals surface area (Å²) in [5.41, 5.74) is 4.63. The average molecular weight is 428 g/mol. The van der Waals surface area contributed by atoms with Gasteiger partial charge in [-0.3, -0.25) is 34.9 Å². The number of hydrogen-bond acceptors (Lipinski definition) is 5. The molecule has 0 bridgehead atoms. The summed E-state index contributed by atoms with van der Waals surface area (Å²) in [7, 11) is 0. The molecule has 2 atom stereocenters. The van der Waals surface area contributed by atoms with Crippen LogP contribution in [0.5, 0.6) is 0 Å². The third kappa shape index (κ3) is 3.92. The maximum absolute atomic E-state index is 12.3. The molecule has 2 heterocycles. The highest BCUT2D eigenvalue weighted by atomic mass is 79.9. The van der Waals surface area contributed by atoms with Gasteiger partial charge in [-0.25, -0.2) is 0 Å². The van der Waals surface area contributed by atoms with Crippen molar-refractivity contribution in [3.05, 3.63) is 20.8 Å². The van der Waals surface area contributed by atoms with Crippen LogP contribution in [0.1, 0.15) is 41.8 Å². The van der Waals surface area contributed by atoms with Gasteiger partial charge in [0.2, 0.25) is 17.7 Å². The van der Waals surface area contributed by atoms with E-state index in [2.05, 4.69) is 26.8 Å². The second-order valence-electron chi connectivity index (χ2n) is 6.18. The van der Waals surface area contributed by atoms with Crippen LogP contribution in [0.2, 0.25) is 0 Å². The number of likely N-dealkylation sites (tertiary alicyclic amines) is 1. The summed E-state index contributed by atoms with van der Waals surface area (Å²) in [5.74, 6) is -1.59. The van der Waals surface area contributed by atoms with E-state index in [9.17, 15) is 19.2 Å². The Labute approximate surface area is 157 Å². The highest BCUT2D eigenvalue weighted by Gasteiger charge is 2.47. The smallest absolute Gasteiger partial charge is 0.279 e. The monoisotopic (exact) mass is 427 g/mol. The van der Waals surface area contributed by atoms with Crippen LogP contribution in [-0.2, 0) is 14.4 Å². The first kappa shape index (κ1) is 18.1. The molecule has 134 valence electrons. The van der Waals surface area contributed by atoms with Crippen molar-refractivity contribution in [3.8, 4) is 0 Å². The van der Waals surface area contributed by atoms with Crippen LogP contribution >= 0.6 is 27.3 Å². The quantitative estimate of drug-likeness (QED) is 0.565. The number of thiophene rings is 1. The van der Waals surface area contributed by atoms with Crippen molar-refractivity contribution in [3.63, 3.8) is 0 Å². The maximum Gasteiger partial charge on any atom is 0.279 e. The summed E-state index contributed by atoms with van der Waals surface area (Å²) in [4.78, 5) is 50.0. The lowest BCUT2D eigenvalue weighted by Crippen LogP contribution is -2.43. The molecule has 1 saturated carbocycles. The number of hydrogen-bond donors (Lipinski definition) is 2. The van der Waals surface area contributed by atoms with Crippen LogP contribution in [0.25, 0.3) is 0 Å². The van der Waals surface area contributed by atoms with E-state index in [1.165, 1.54) is 16.2 Å². The molecule has 2 unspecified atom stereocenters. The van der Waals surface area contributed by atoms with Crippen molar-refractivity contribution in [1.82, 2.24) is 15.8 Å². The lowest BCUT2D eigenvalue weighted by Gasteiger charge is -2.19. The summed E-state index contributed by atoms with van der Waals surface area (Å²) in [6, 6.07) is 3.38. The highest BCUT2D eigenvalue weighted by molar-refractivity contribution is 9.11. The lowest BCUT2D eigenvalue weighted by atomic mass is 9.81. The van der Waals surface area contributed by atoms with E-state index in [1.54, 1.807) is 12.1 Å². The SMILES string of the molecule is O=C(CCN1C(=O)C2CCCCC2C1=O)NNC(=O)c1ccc(Br)s1. The van der Waals surface area contributed by atoms with Crippen molar-refractivity contribution >= 4 is 50.9 Å². The fraction of sp³-hybridized carbons (Fsp3) is 0.500. The third-order valence-corrected chi connectivity index (χ3v) is 6.23. The number of carbonyl (C=O) groups excluding carboxylic acids is 4. The summed E-state index contributed by atoms with van der Waals surface area (Å²) in [6.07, 6.45) is 3.42. The van der Waals surface area contributed by atoms with E-state index in [4.69, 9.17) is 0 Å². The number of halogens is 1. The first-order valence-corrected chi connectivity index (χ1v) is 9.78. The van der Waals surface area contributed by atoms with Gasteiger partial charge in [0.15, 0.2) is 0 Å². The molecule has 1 aliphatic carbocycles. The first-order chi connectivity index (χ1) is 12.0. The summed E-state index contributed by atoms with van der Waals surface area (Å²) in [5, 5.41) is 0. The number of amides is 4. The zero-order valence-electron chi connectivity index (χ0n) is 13.4. The van der Waals surface area contributed by atoms with Crippen molar-refractivity contribution in [2.75, 3.05) is 6.54 Å². The zero-order valence-corrected chi connectivity index (χ0v) is 15.8. The molecule has 4 amide bonds. The molecule has 7 nitrogen and oxygen atoms in total. The molecule has 1 aromatic rings. The summed E-state index contributed by atoms with van der Waals surface area (Å²) >= 11 is 4.51. The van der Waals surface area contributed by atoms with Gasteiger partial charge in [0.1, 0.15) is 0 Å². The minimum Gasteiger partial charge on any atom is -0.282 e. The lowest BCUT2D eigenvalue weighted by molar-refractivity contribution is -0.140. The Hall–Kier alpha value is -1.74. The van der Waals surface area contributed by atoms with E-state index >= 15 is 0 Å². The third-order valence-electron chi connectivity index (χ3n) is 4.61. The number of fused-ring (bicyclic) bond motifs is 1. The Kier molecular flexibility index (Phi) is 5.53. The van der Waals surface area contributed by atoms with E-state index < -0.39 is 11.8 Å². The maximum atomic E-state index is 12.3. The van der Waals surface area contributed by atoms with Crippen molar-refractivity contribution < 1.29 is 19.2 Å². The average Bonchev–Trinajstić information content (AvgIpc) is 3.14. The van der Waals surface area contributed by atoms with Gasteiger partial charge >= 0.3 is 0 Å². The van der Waals surface area contributed by atoms with E-state index in [1.807, 2.05) is 0 Å². The molecule has 25 heavy (non-hydrogen) atoms. The molecule has 0 radical (unpaired) electrons. The van der Waals surface area contributed by atoms with Crippen LogP contribution in [0.4, 0.5) is 0 Å². The molecule has 1 aromatic heterocycles. The Morgan fingerprint density at radius 2 is 1.76 bits per heavy atom. The van der Waals surface area contributed by atoms with Crippen LogP contribution in [0.3, 0.4) is 0 Å². The van der Waals surface area contributed by atoms with Crippen molar-refractivity contribution in [1.29, 1.82) is 0 Å². The van der Waals surface area contributed by atoms with E-state index in [-0.39, 0.29) is 36.6 Å². The molecular formula is C16H18BrN3O4S. The van der Waals surface area contributed by atoms with Gasteiger partial charge < -0.3 is 0 Å². The number of imide groups is 1. The molecule has 1 saturated heterocycles. The van der Waals surface area contributed by atoms with Crippen LogP contribution in [0, 0.1) is 11.8 Å². The van der Waals surface area contributed by atoms with Gasteiger partial charge in [-0.1, -0.05) is 12.8 Å². The normalized spacial score (nSPS) is 22.7. The van der Waals surface area contributed by atoms with Gasteiger partial charge in [-0.15, -0.1) is 11.3 Å². The molecule has 0 spiro atoms. The topological polar surface area (TPSA) is 95.6 Å². The molecule has 2 N–H and O–H groups in total. The highest BCUT2D eigenvalue weighted by Crippen LogP contribution is 2.37. The van der Waals surface area contributed by atoms with E-state index in [0.717, 1.165) is 29.5 Å². The number of nitrogens with zero attached hydrogens (tertiary/aromatic N) is 1. The Balaban J connectivity index is 1.46. The van der Waals surface area contributed by atoms with Crippen molar-refractivity contribution in [2.24, 2.45) is 11.8 Å². The van der Waals surface area contributed by atoms with Crippen LogP contribution < -0.4 is 10.9 Å². The number of rotatable bonds is 4. The van der Waals surface area contributed by atoms with Gasteiger partial charge in [0, 0.05) is 13.0 Å². The second-order valence-corrected chi connectivity index (χ2v) is 8.64. The molecule has 0 aromatic carbocycles. The predicted molar refractivity (Wildman–Crippen MR) is 94.4 cm³/mol. The standard InChI is InChI=1S/C16H18BrN3O4S/c17-12-6-5-11(25-12)14(22)19-18-13(21)7-8-20-15(23)9-3-1-2-4-10(9)16(20)24/h5-6,9-10H,1-4,7-8H2,(H,18,21)(H,19,22). The Morgan fingerprint density at radius 3 is 2.32 bits per heavy atom. The molecule has 9 heteroatoms. The van der Waals surface area contributed by atoms with Gasteiger partial charge in [0.05, 0.1) is 20.5 Å². The molecular weight excluding hydrogens is 410 g/mol. The van der Waals surface area contributed by atoms with Crippen LogP contribution in [0.15, 0.2) is 15.9 Å². The van der Waals surface area contributed by atoms with Crippen LogP contribution in [-0.4, -0.2) is 35.1 Å². The Bertz CT molecular complexity index is 696. The van der Waals surface area contributed by atoms with Crippen molar-refractivity contribution in [2.45, 2.75) is 32.1 Å². The Morgan fingerprint density at radius 1 is 1.12 bits per heavy atom. The van der Waals surface area contributed by atoms with Gasteiger partial charge in [0.25, 0.3) is 5.91 Å². The predicted octanol–water partition coefficient (Wildman–Crippen LogP) is 1.84. The van der Waals surface area contributed by atoms with Gasteiger partial charge in [-0.05, 0) is 40.9 Å². The molecule has 1 aliphatic heterocycles. The molecule has 3 rings (SSSR count). The zero-order chi connectivity index (χ0) is 18.0. The molecule has 2 fully saturated rings. The minimum absolute atomic E-state index is 0.0364. The summed E-state index contributed by atoms with van der Waals surface area (Å²) in [6.45, 7) is 0.0525. The van der Waals surface area contributed by atoms with Gasteiger partial charge in [-0.2, -0.15) is 0 Å². The second kappa shape index (κ2) is 7.65. The molecule has 2 aliphatic rings.